The number of benzene rings is 1. The number of guanidine groups is 1. The first-order valence-corrected chi connectivity index (χ1v) is 9.90. The Kier molecular flexibility index (Phi) is 9.03. The van der Waals surface area contributed by atoms with Crippen molar-refractivity contribution in [2.75, 3.05) is 60.5 Å². The van der Waals surface area contributed by atoms with Crippen molar-refractivity contribution in [2.45, 2.75) is 25.1 Å². The molecular weight excluding hydrogens is 383 g/mol. The molecule has 0 bridgehead atoms. The summed E-state index contributed by atoms with van der Waals surface area (Å²) < 4.78 is 42.5. The summed E-state index contributed by atoms with van der Waals surface area (Å²) in [7, 11) is 4.77. The number of hydrogen-bond donors (Lipinski definition) is 2. The number of likely N-dealkylation sites (N-methyl/N-ethyl adjacent to an activating group) is 1. The summed E-state index contributed by atoms with van der Waals surface area (Å²) >= 11 is 0. The van der Waals surface area contributed by atoms with Gasteiger partial charge in [0.2, 0.25) is 0 Å². The summed E-state index contributed by atoms with van der Waals surface area (Å²) in [5.74, 6) is 1.41. The number of nitrogens with zero attached hydrogens (tertiary/aromatic N) is 3. The zero-order valence-electron chi connectivity index (χ0n) is 17.4. The van der Waals surface area contributed by atoms with Crippen molar-refractivity contribution in [1.82, 2.24) is 20.4 Å². The van der Waals surface area contributed by atoms with Gasteiger partial charge < -0.3 is 15.4 Å². The van der Waals surface area contributed by atoms with E-state index in [4.69, 9.17) is 4.74 Å². The highest BCUT2D eigenvalue weighted by Crippen LogP contribution is 2.26. The van der Waals surface area contributed by atoms with E-state index in [1.807, 2.05) is 12.1 Å². The summed E-state index contributed by atoms with van der Waals surface area (Å²) in [6.07, 6.45) is -1.81. The first kappa shape index (κ1) is 23.3. The molecule has 1 saturated heterocycles. The van der Waals surface area contributed by atoms with Crippen molar-refractivity contribution < 1.29 is 17.9 Å². The molecule has 1 aliphatic rings. The summed E-state index contributed by atoms with van der Waals surface area (Å²) in [5, 5.41) is 6.41. The van der Waals surface area contributed by atoms with E-state index < -0.39 is 12.7 Å². The number of aliphatic imine (C=N–C) groups is 1. The first-order chi connectivity index (χ1) is 13.8. The molecule has 1 aliphatic heterocycles. The zero-order valence-corrected chi connectivity index (χ0v) is 17.4. The number of ether oxygens (including phenoxy) is 1. The molecule has 0 aromatic heterocycles. The highest BCUT2D eigenvalue weighted by molar-refractivity contribution is 5.79. The third kappa shape index (κ3) is 8.10. The highest BCUT2D eigenvalue weighted by atomic mass is 19.4. The van der Waals surface area contributed by atoms with E-state index in [0.29, 0.717) is 19.0 Å². The quantitative estimate of drug-likeness (QED) is 0.480. The van der Waals surface area contributed by atoms with E-state index >= 15 is 0 Å². The molecule has 1 aromatic rings. The van der Waals surface area contributed by atoms with Crippen LogP contribution in [0.1, 0.15) is 24.4 Å². The molecule has 29 heavy (non-hydrogen) atoms. The van der Waals surface area contributed by atoms with E-state index in [1.54, 1.807) is 14.2 Å². The van der Waals surface area contributed by atoms with Crippen molar-refractivity contribution in [3.8, 4) is 5.75 Å². The fourth-order valence-corrected chi connectivity index (χ4v) is 3.50. The molecule has 1 unspecified atom stereocenters. The molecule has 0 aliphatic carbocycles. The number of methoxy groups -OCH3 is 1. The Morgan fingerprint density at radius 3 is 2.41 bits per heavy atom. The Labute approximate surface area is 171 Å². The van der Waals surface area contributed by atoms with Crippen molar-refractivity contribution in [1.29, 1.82) is 0 Å². The van der Waals surface area contributed by atoms with Gasteiger partial charge in [0.25, 0.3) is 0 Å². The van der Waals surface area contributed by atoms with Crippen LogP contribution in [0.25, 0.3) is 0 Å². The van der Waals surface area contributed by atoms with Gasteiger partial charge in [0, 0.05) is 26.7 Å². The lowest BCUT2D eigenvalue weighted by molar-refractivity contribution is -0.142. The Hall–Kier alpha value is -2.00. The fraction of sp³-hybridized carbons (Fsp3) is 0.650. The Bertz CT molecular complexity index is 630. The van der Waals surface area contributed by atoms with Gasteiger partial charge in [-0.2, -0.15) is 13.2 Å². The van der Waals surface area contributed by atoms with E-state index in [2.05, 4.69) is 32.7 Å². The Morgan fingerprint density at radius 2 is 1.86 bits per heavy atom. The van der Waals surface area contributed by atoms with Crippen LogP contribution in [-0.4, -0.2) is 82.4 Å². The maximum absolute atomic E-state index is 12.4. The topological polar surface area (TPSA) is 52.1 Å². The normalized spacial score (nSPS) is 16.9. The summed E-state index contributed by atoms with van der Waals surface area (Å²) in [5.41, 5.74) is 1.19. The number of hydrogen-bond acceptors (Lipinski definition) is 4. The van der Waals surface area contributed by atoms with Gasteiger partial charge >= 0.3 is 6.18 Å². The average Bonchev–Trinajstić information content (AvgIpc) is 3.20. The monoisotopic (exact) mass is 415 g/mol. The van der Waals surface area contributed by atoms with Crippen molar-refractivity contribution in [2.24, 2.45) is 4.99 Å². The average molecular weight is 416 g/mol. The van der Waals surface area contributed by atoms with Crippen LogP contribution in [0.4, 0.5) is 13.2 Å². The molecule has 1 heterocycles. The number of likely N-dealkylation sites (tertiary alicyclic amines) is 1. The van der Waals surface area contributed by atoms with Crippen LogP contribution in [-0.2, 0) is 0 Å². The molecule has 164 valence electrons. The number of nitrogens with one attached hydrogen (secondary N) is 2. The Morgan fingerprint density at radius 1 is 1.21 bits per heavy atom. The second kappa shape index (κ2) is 11.3. The first-order valence-electron chi connectivity index (χ1n) is 9.90. The van der Waals surface area contributed by atoms with Crippen LogP contribution >= 0.6 is 0 Å². The highest BCUT2D eigenvalue weighted by Gasteiger charge is 2.29. The lowest BCUT2D eigenvalue weighted by Gasteiger charge is -2.29. The molecule has 1 fully saturated rings. The number of rotatable bonds is 9. The van der Waals surface area contributed by atoms with Crippen LogP contribution in [0.3, 0.4) is 0 Å². The molecular formula is C20H32F3N5O. The lowest BCUT2D eigenvalue weighted by Crippen LogP contribution is -2.45. The van der Waals surface area contributed by atoms with E-state index in [0.717, 1.165) is 18.8 Å². The van der Waals surface area contributed by atoms with Crippen molar-refractivity contribution in [3.05, 3.63) is 29.8 Å². The maximum Gasteiger partial charge on any atom is 0.401 e. The van der Waals surface area contributed by atoms with E-state index in [-0.39, 0.29) is 12.6 Å². The third-order valence-corrected chi connectivity index (χ3v) is 5.00. The van der Waals surface area contributed by atoms with Gasteiger partial charge in [-0.25, -0.2) is 0 Å². The number of halogens is 3. The molecule has 0 spiro atoms. The van der Waals surface area contributed by atoms with Gasteiger partial charge in [-0.3, -0.25) is 14.8 Å². The van der Waals surface area contributed by atoms with Crippen LogP contribution < -0.4 is 15.4 Å². The zero-order chi connectivity index (χ0) is 21.3. The van der Waals surface area contributed by atoms with Gasteiger partial charge in [-0.1, -0.05) is 12.1 Å². The second-order valence-corrected chi connectivity index (χ2v) is 7.26. The van der Waals surface area contributed by atoms with E-state index in [1.165, 1.54) is 30.4 Å². The van der Waals surface area contributed by atoms with Gasteiger partial charge in [0.15, 0.2) is 5.96 Å². The van der Waals surface area contributed by atoms with Crippen molar-refractivity contribution in [3.63, 3.8) is 0 Å². The van der Waals surface area contributed by atoms with Crippen LogP contribution in [0.15, 0.2) is 29.3 Å². The summed E-state index contributed by atoms with van der Waals surface area (Å²) in [6, 6.07) is 8.26. The SMILES string of the molecule is CN=C(NCCN(C)CC(F)(F)F)NCC(c1ccc(OC)cc1)N1CCCC1. The predicted molar refractivity (Wildman–Crippen MR) is 109 cm³/mol. The molecule has 6 nitrogen and oxygen atoms in total. The minimum atomic E-state index is -4.18. The van der Waals surface area contributed by atoms with Crippen LogP contribution in [0.5, 0.6) is 5.75 Å². The molecule has 9 heteroatoms. The molecule has 1 atom stereocenters. The Balaban J connectivity index is 1.89. The molecule has 0 amide bonds. The largest absolute Gasteiger partial charge is 0.497 e. The summed E-state index contributed by atoms with van der Waals surface area (Å²) in [4.78, 5) is 7.88. The molecule has 1 aromatic carbocycles. The molecule has 0 radical (unpaired) electrons. The smallest absolute Gasteiger partial charge is 0.401 e. The van der Waals surface area contributed by atoms with Gasteiger partial charge in [0.05, 0.1) is 19.7 Å². The predicted octanol–water partition coefficient (Wildman–Crippen LogP) is 2.49. The molecule has 0 saturated carbocycles. The van der Waals surface area contributed by atoms with E-state index in [9.17, 15) is 13.2 Å². The van der Waals surface area contributed by atoms with Gasteiger partial charge in [0.1, 0.15) is 5.75 Å². The fourth-order valence-electron chi connectivity index (χ4n) is 3.50. The van der Waals surface area contributed by atoms with Crippen LogP contribution in [0.2, 0.25) is 0 Å². The number of alkyl halides is 3. The lowest BCUT2D eigenvalue weighted by atomic mass is 10.1. The van der Waals surface area contributed by atoms with Gasteiger partial charge in [-0.15, -0.1) is 0 Å². The van der Waals surface area contributed by atoms with Gasteiger partial charge in [-0.05, 0) is 50.7 Å². The standard InChI is InChI=1S/C20H32F3N5O/c1-24-19(25-10-13-27(2)15-20(21,22)23)26-14-18(28-11-4-5-12-28)16-6-8-17(29-3)9-7-16/h6-9,18H,4-5,10-15H2,1-3H3,(H2,24,25,26). The second-order valence-electron chi connectivity index (χ2n) is 7.26. The molecule has 2 N–H and O–H groups in total. The maximum atomic E-state index is 12.4. The minimum absolute atomic E-state index is 0.190. The minimum Gasteiger partial charge on any atom is -0.497 e. The van der Waals surface area contributed by atoms with Crippen molar-refractivity contribution >= 4 is 5.96 Å². The third-order valence-electron chi connectivity index (χ3n) is 5.00. The molecule has 2 rings (SSSR count). The summed E-state index contributed by atoms with van der Waals surface area (Å²) in [6.45, 7) is 2.48. The van der Waals surface area contributed by atoms with Crippen LogP contribution in [0, 0.1) is 0 Å².